The molecule has 0 spiro atoms. The average Bonchev–Trinajstić information content (AvgIpc) is 2.26. The Balaban J connectivity index is 2.19. The van der Waals surface area contributed by atoms with E-state index in [9.17, 15) is 4.79 Å². The van der Waals surface area contributed by atoms with E-state index in [0.29, 0.717) is 24.5 Å². The van der Waals surface area contributed by atoms with Gasteiger partial charge in [0.05, 0.1) is 6.54 Å². The number of amides is 1. The van der Waals surface area contributed by atoms with Crippen LogP contribution < -0.4 is 10.6 Å². The number of piperazine rings is 1. The van der Waals surface area contributed by atoms with Crippen LogP contribution in [-0.4, -0.2) is 49.1 Å². The summed E-state index contributed by atoms with van der Waals surface area (Å²) in [5.74, 6) is 0.874. The molecule has 0 aliphatic carbocycles. The Morgan fingerprint density at radius 1 is 1.39 bits per heavy atom. The van der Waals surface area contributed by atoms with Gasteiger partial charge in [-0.05, 0) is 32.6 Å². The maximum atomic E-state index is 11.9. The fourth-order valence-corrected chi connectivity index (χ4v) is 2.33. The van der Waals surface area contributed by atoms with Crippen LogP contribution in [0.4, 0.5) is 0 Å². The van der Waals surface area contributed by atoms with Gasteiger partial charge in [0.15, 0.2) is 0 Å². The fourth-order valence-electron chi connectivity index (χ4n) is 2.33. The summed E-state index contributed by atoms with van der Waals surface area (Å²) in [5, 5.41) is 6.48. The molecule has 1 saturated heterocycles. The maximum Gasteiger partial charge on any atom is 0.234 e. The summed E-state index contributed by atoms with van der Waals surface area (Å²) in [4.78, 5) is 14.1. The molecule has 4 nitrogen and oxygen atoms in total. The van der Waals surface area contributed by atoms with E-state index >= 15 is 0 Å². The van der Waals surface area contributed by atoms with Gasteiger partial charge in [-0.25, -0.2) is 0 Å². The lowest BCUT2D eigenvalue weighted by atomic mass is 10.0. The second kappa shape index (κ2) is 7.74. The molecule has 0 aromatic carbocycles. The predicted molar refractivity (Wildman–Crippen MR) is 75.6 cm³/mol. The predicted octanol–water partition coefficient (Wildman–Crippen LogP) is 1.22. The van der Waals surface area contributed by atoms with Crippen LogP contribution in [-0.2, 0) is 4.79 Å². The van der Waals surface area contributed by atoms with Crippen LogP contribution in [0.15, 0.2) is 0 Å². The van der Waals surface area contributed by atoms with E-state index < -0.39 is 0 Å². The molecule has 0 aromatic rings. The monoisotopic (exact) mass is 255 g/mol. The van der Waals surface area contributed by atoms with Gasteiger partial charge in [-0.2, -0.15) is 0 Å². The van der Waals surface area contributed by atoms with E-state index in [0.717, 1.165) is 26.1 Å². The minimum atomic E-state index is 0.167. The molecule has 1 fully saturated rings. The van der Waals surface area contributed by atoms with Gasteiger partial charge in [0.2, 0.25) is 5.91 Å². The van der Waals surface area contributed by atoms with Crippen molar-refractivity contribution in [2.45, 2.75) is 52.6 Å². The molecular weight excluding hydrogens is 226 g/mol. The molecule has 2 N–H and O–H groups in total. The number of hydrogen-bond donors (Lipinski definition) is 2. The van der Waals surface area contributed by atoms with Crippen molar-refractivity contribution in [2.24, 2.45) is 5.92 Å². The molecule has 1 aliphatic rings. The quantitative estimate of drug-likeness (QED) is 0.750. The normalized spacial score (nSPS) is 23.1. The highest BCUT2D eigenvalue weighted by molar-refractivity contribution is 5.78. The van der Waals surface area contributed by atoms with Gasteiger partial charge < -0.3 is 10.6 Å². The summed E-state index contributed by atoms with van der Waals surface area (Å²) >= 11 is 0. The Kier molecular flexibility index (Phi) is 6.65. The molecule has 18 heavy (non-hydrogen) atoms. The molecule has 0 saturated carbocycles. The Labute approximate surface area is 111 Å². The highest BCUT2D eigenvalue weighted by Gasteiger charge is 2.18. The molecule has 0 radical (unpaired) electrons. The van der Waals surface area contributed by atoms with Crippen LogP contribution in [0.1, 0.15) is 40.5 Å². The summed E-state index contributed by atoms with van der Waals surface area (Å²) in [6.45, 7) is 12.2. The Morgan fingerprint density at radius 3 is 2.72 bits per heavy atom. The zero-order valence-corrected chi connectivity index (χ0v) is 12.3. The lowest BCUT2D eigenvalue weighted by Crippen LogP contribution is -2.52. The molecule has 1 rings (SSSR count). The smallest absolute Gasteiger partial charge is 0.234 e. The average molecular weight is 255 g/mol. The van der Waals surface area contributed by atoms with Crippen LogP contribution in [0.5, 0.6) is 0 Å². The molecule has 106 valence electrons. The molecular formula is C14H29N3O. The van der Waals surface area contributed by atoms with Crippen LogP contribution in [0.2, 0.25) is 0 Å². The van der Waals surface area contributed by atoms with Gasteiger partial charge >= 0.3 is 0 Å². The lowest BCUT2D eigenvalue weighted by Gasteiger charge is -2.31. The van der Waals surface area contributed by atoms with Crippen LogP contribution in [0, 0.1) is 5.92 Å². The molecule has 4 heteroatoms. The van der Waals surface area contributed by atoms with Gasteiger partial charge in [-0.1, -0.05) is 13.8 Å². The largest absolute Gasteiger partial charge is 0.353 e. The SMILES string of the molecule is CC(C)CCC(C)NC(=O)CN1CCN[C@@H](C)C1. The zero-order chi connectivity index (χ0) is 13.5. The highest BCUT2D eigenvalue weighted by Crippen LogP contribution is 2.06. The van der Waals surface area contributed by atoms with E-state index in [1.807, 2.05) is 0 Å². The molecule has 2 atom stereocenters. The first-order valence-corrected chi connectivity index (χ1v) is 7.22. The number of rotatable bonds is 6. The van der Waals surface area contributed by atoms with Crippen LogP contribution in [0.3, 0.4) is 0 Å². The van der Waals surface area contributed by atoms with Crippen molar-refractivity contribution in [3.05, 3.63) is 0 Å². The molecule has 1 heterocycles. The van der Waals surface area contributed by atoms with Gasteiger partial charge in [0, 0.05) is 31.7 Å². The number of nitrogens with one attached hydrogen (secondary N) is 2. The minimum Gasteiger partial charge on any atom is -0.353 e. The first-order valence-electron chi connectivity index (χ1n) is 7.22. The number of nitrogens with zero attached hydrogens (tertiary/aromatic N) is 1. The molecule has 1 unspecified atom stereocenters. The maximum absolute atomic E-state index is 11.9. The second-order valence-corrected chi connectivity index (χ2v) is 6.03. The standard InChI is InChI=1S/C14H29N3O/c1-11(2)5-6-12(3)16-14(18)10-17-8-7-15-13(4)9-17/h11-13,15H,5-10H2,1-4H3,(H,16,18)/t12?,13-/m0/s1. The number of carbonyl (C=O) groups is 1. The summed E-state index contributed by atoms with van der Waals surface area (Å²) in [6, 6.07) is 0.783. The third kappa shape index (κ3) is 6.36. The first-order chi connectivity index (χ1) is 8.47. The van der Waals surface area contributed by atoms with Crippen molar-refractivity contribution in [2.75, 3.05) is 26.2 Å². The Bertz CT molecular complexity index is 255. The van der Waals surface area contributed by atoms with E-state index in [1.54, 1.807) is 0 Å². The van der Waals surface area contributed by atoms with E-state index in [1.165, 1.54) is 6.42 Å². The third-order valence-electron chi connectivity index (χ3n) is 3.40. The summed E-state index contributed by atoms with van der Waals surface area (Å²) in [5.41, 5.74) is 0. The second-order valence-electron chi connectivity index (χ2n) is 6.03. The number of carbonyl (C=O) groups excluding carboxylic acids is 1. The van der Waals surface area contributed by atoms with Crippen molar-refractivity contribution >= 4 is 5.91 Å². The fraction of sp³-hybridized carbons (Fsp3) is 0.929. The van der Waals surface area contributed by atoms with Crippen molar-refractivity contribution in [3.63, 3.8) is 0 Å². The minimum absolute atomic E-state index is 0.167. The van der Waals surface area contributed by atoms with E-state index in [-0.39, 0.29) is 5.91 Å². The summed E-state index contributed by atoms with van der Waals surface area (Å²) < 4.78 is 0. The highest BCUT2D eigenvalue weighted by atomic mass is 16.2. The van der Waals surface area contributed by atoms with Crippen molar-refractivity contribution in [3.8, 4) is 0 Å². The van der Waals surface area contributed by atoms with Crippen molar-refractivity contribution in [1.29, 1.82) is 0 Å². The van der Waals surface area contributed by atoms with Crippen LogP contribution in [0.25, 0.3) is 0 Å². The Morgan fingerprint density at radius 2 is 2.11 bits per heavy atom. The first kappa shape index (κ1) is 15.4. The molecule has 1 amide bonds. The van der Waals surface area contributed by atoms with Gasteiger partial charge in [0.25, 0.3) is 0 Å². The zero-order valence-electron chi connectivity index (χ0n) is 12.3. The summed E-state index contributed by atoms with van der Waals surface area (Å²) in [6.07, 6.45) is 2.24. The Hall–Kier alpha value is -0.610. The van der Waals surface area contributed by atoms with E-state index in [4.69, 9.17) is 0 Å². The number of hydrogen-bond acceptors (Lipinski definition) is 3. The van der Waals surface area contributed by atoms with E-state index in [2.05, 4.69) is 43.2 Å². The topological polar surface area (TPSA) is 44.4 Å². The van der Waals surface area contributed by atoms with Gasteiger partial charge in [0.1, 0.15) is 0 Å². The molecule has 1 aliphatic heterocycles. The van der Waals surface area contributed by atoms with Gasteiger partial charge in [-0.15, -0.1) is 0 Å². The van der Waals surface area contributed by atoms with Gasteiger partial charge in [-0.3, -0.25) is 9.69 Å². The van der Waals surface area contributed by atoms with Crippen molar-refractivity contribution < 1.29 is 4.79 Å². The van der Waals surface area contributed by atoms with Crippen LogP contribution >= 0.6 is 0 Å². The summed E-state index contributed by atoms with van der Waals surface area (Å²) in [7, 11) is 0. The van der Waals surface area contributed by atoms with Crippen molar-refractivity contribution in [1.82, 2.24) is 15.5 Å². The molecule has 0 aromatic heterocycles. The lowest BCUT2D eigenvalue weighted by molar-refractivity contribution is -0.123. The molecule has 0 bridgehead atoms. The third-order valence-corrected chi connectivity index (χ3v) is 3.40.